The lowest BCUT2D eigenvalue weighted by Gasteiger charge is -2.17. The molecule has 4 heterocycles. The van der Waals surface area contributed by atoms with Crippen molar-refractivity contribution in [2.45, 2.75) is 6.54 Å². The maximum absolute atomic E-state index is 5.54. The van der Waals surface area contributed by atoms with Crippen molar-refractivity contribution in [1.82, 2.24) is 14.5 Å². The number of methoxy groups -OCH3 is 2. The van der Waals surface area contributed by atoms with Gasteiger partial charge in [-0.25, -0.2) is 4.98 Å². The van der Waals surface area contributed by atoms with Crippen LogP contribution in [0, 0.1) is 0 Å². The highest BCUT2D eigenvalue weighted by Crippen LogP contribution is 2.38. The molecule has 0 saturated heterocycles. The lowest BCUT2D eigenvalue weighted by molar-refractivity contribution is 0.355. The molecular formula is C24H24N4O2S. The number of aryl methyl sites for hydroxylation is 1. The molecule has 31 heavy (non-hydrogen) atoms. The summed E-state index contributed by atoms with van der Waals surface area (Å²) in [5.74, 6) is 1.44. The van der Waals surface area contributed by atoms with Gasteiger partial charge in [0, 0.05) is 61.1 Å². The fourth-order valence-electron chi connectivity index (χ4n) is 4.11. The second-order valence-electron chi connectivity index (χ2n) is 7.60. The van der Waals surface area contributed by atoms with E-state index in [2.05, 4.69) is 62.3 Å². The Labute approximate surface area is 184 Å². The second kappa shape index (κ2) is 7.67. The lowest BCUT2D eigenvalue weighted by atomic mass is 10.1. The van der Waals surface area contributed by atoms with Crippen molar-refractivity contribution in [3.63, 3.8) is 0 Å². The fraction of sp³-hybridized carbons (Fsp3) is 0.208. The smallest absolute Gasteiger partial charge is 0.162 e. The molecule has 0 fully saturated rings. The molecule has 0 atom stereocenters. The molecule has 4 aromatic heterocycles. The molecular weight excluding hydrogens is 408 g/mol. The van der Waals surface area contributed by atoms with Crippen molar-refractivity contribution < 1.29 is 9.47 Å². The number of pyridine rings is 1. The van der Waals surface area contributed by atoms with Crippen LogP contribution in [0.25, 0.3) is 33.2 Å². The van der Waals surface area contributed by atoms with Gasteiger partial charge in [0.05, 0.1) is 24.7 Å². The number of anilines is 1. The summed E-state index contributed by atoms with van der Waals surface area (Å²) < 4.78 is 13.1. The Morgan fingerprint density at radius 3 is 2.65 bits per heavy atom. The van der Waals surface area contributed by atoms with E-state index in [1.54, 1.807) is 25.6 Å². The zero-order valence-corrected chi connectivity index (χ0v) is 18.8. The molecule has 0 radical (unpaired) electrons. The van der Waals surface area contributed by atoms with Gasteiger partial charge in [-0.05, 0) is 41.3 Å². The molecule has 0 unspecified atom stereocenters. The average Bonchev–Trinajstić information content (AvgIpc) is 3.52. The monoisotopic (exact) mass is 432 g/mol. The highest BCUT2D eigenvalue weighted by atomic mass is 32.1. The zero-order chi connectivity index (χ0) is 21.5. The number of rotatable bonds is 6. The van der Waals surface area contributed by atoms with E-state index in [0.29, 0.717) is 0 Å². The number of aromatic amines is 1. The third kappa shape index (κ3) is 3.31. The molecule has 1 N–H and O–H groups in total. The predicted octanol–water partition coefficient (Wildman–Crippen LogP) is 5.44. The topological polar surface area (TPSA) is 55.3 Å². The van der Waals surface area contributed by atoms with Crippen molar-refractivity contribution in [3.8, 4) is 22.8 Å². The Morgan fingerprint density at radius 1 is 1.10 bits per heavy atom. The first-order valence-electron chi connectivity index (χ1n) is 10.0. The minimum absolute atomic E-state index is 0.718. The Morgan fingerprint density at radius 2 is 1.90 bits per heavy atom. The third-order valence-corrected chi connectivity index (χ3v) is 6.68. The maximum Gasteiger partial charge on any atom is 0.162 e. The quantitative estimate of drug-likeness (QED) is 0.388. The number of nitrogens with one attached hydrogen (secondary N) is 1. The van der Waals surface area contributed by atoms with Gasteiger partial charge in [0.25, 0.3) is 0 Å². The molecule has 0 aliphatic carbocycles. The van der Waals surface area contributed by atoms with E-state index in [-0.39, 0.29) is 0 Å². The van der Waals surface area contributed by atoms with Crippen LogP contribution in [0.15, 0.2) is 54.2 Å². The summed E-state index contributed by atoms with van der Waals surface area (Å²) >= 11 is 1.75. The molecule has 6 nitrogen and oxygen atoms in total. The summed E-state index contributed by atoms with van der Waals surface area (Å²) in [5, 5.41) is 5.59. The first-order chi connectivity index (χ1) is 15.1. The van der Waals surface area contributed by atoms with Gasteiger partial charge < -0.3 is 23.9 Å². The average molecular weight is 433 g/mol. The Bertz CT molecular complexity index is 1370. The van der Waals surface area contributed by atoms with Crippen LogP contribution >= 0.6 is 11.3 Å². The van der Waals surface area contributed by atoms with Gasteiger partial charge in [-0.2, -0.15) is 0 Å². The summed E-state index contributed by atoms with van der Waals surface area (Å²) in [6.07, 6.45) is 4.00. The summed E-state index contributed by atoms with van der Waals surface area (Å²) in [7, 11) is 7.48. The number of H-pyrrole nitrogens is 1. The largest absolute Gasteiger partial charge is 0.493 e. The van der Waals surface area contributed by atoms with E-state index in [1.165, 1.54) is 10.6 Å². The molecule has 0 amide bonds. The molecule has 158 valence electrons. The second-order valence-corrected chi connectivity index (χ2v) is 8.53. The first-order valence-corrected chi connectivity index (χ1v) is 10.9. The highest BCUT2D eigenvalue weighted by Gasteiger charge is 2.17. The predicted molar refractivity (Wildman–Crippen MR) is 128 cm³/mol. The van der Waals surface area contributed by atoms with Gasteiger partial charge in [0.1, 0.15) is 5.65 Å². The molecule has 0 bridgehead atoms. The van der Waals surface area contributed by atoms with Crippen molar-refractivity contribution in [2.75, 3.05) is 26.2 Å². The molecule has 5 aromatic rings. The van der Waals surface area contributed by atoms with E-state index in [0.717, 1.165) is 51.2 Å². The number of nitrogens with zero attached hydrogens (tertiary/aromatic N) is 3. The van der Waals surface area contributed by atoms with Crippen molar-refractivity contribution in [2.24, 2.45) is 7.05 Å². The van der Waals surface area contributed by atoms with E-state index >= 15 is 0 Å². The SMILES string of the molecule is COc1cc2c(-c3cc4c(CN(C)c5cccs5)ccnc4[nH]3)cn(C)c2cc1OC. The fourth-order valence-corrected chi connectivity index (χ4v) is 4.81. The number of hydrogen-bond acceptors (Lipinski definition) is 5. The zero-order valence-electron chi connectivity index (χ0n) is 18.0. The van der Waals surface area contributed by atoms with Gasteiger partial charge in [-0.15, -0.1) is 11.3 Å². The van der Waals surface area contributed by atoms with Gasteiger partial charge in [0.15, 0.2) is 11.5 Å². The van der Waals surface area contributed by atoms with E-state index < -0.39 is 0 Å². The number of fused-ring (bicyclic) bond motifs is 2. The molecule has 0 aliphatic rings. The van der Waals surface area contributed by atoms with Crippen LogP contribution in [0.5, 0.6) is 11.5 Å². The van der Waals surface area contributed by atoms with E-state index in [1.807, 2.05) is 25.4 Å². The van der Waals surface area contributed by atoms with Crippen LogP contribution in [0.1, 0.15) is 5.56 Å². The standard InChI is InChI=1S/C24H24N4O2S/c1-27-14-18(17-11-21(29-3)22(30-4)12-20(17)27)19-10-16-15(7-8-25-24(16)26-19)13-28(2)23-6-5-9-31-23/h5-12,14H,13H2,1-4H3,(H,25,26). The molecule has 1 aromatic carbocycles. The Balaban J connectivity index is 1.61. The lowest BCUT2D eigenvalue weighted by Crippen LogP contribution is -2.15. The first kappa shape index (κ1) is 19.5. The molecule has 0 saturated carbocycles. The van der Waals surface area contributed by atoms with Gasteiger partial charge in [0.2, 0.25) is 0 Å². The third-order valence-electron chi connectivity index (χ3n) is 5.70. The number of hydrogen-bond donors (Lipinski definition) is 1. The highest BCUT2D eigenvalue weighted by molar-refractivity contribution is 7.14. The summed E-state index contributed by atoms with van der Waals surface area (Å²) in [6, 6.07) is 12.6. The van der Waals surface area contributed by atoms with E-state index in [9.17, 15) is 0 Å². The van der Waals surface area contributed by atoms with Gasteiger partial charge in [-0.1, -0.05) is 0 Å². The molecule has 0 aliphatic heterocycles. The minimum Gasteiger partial charge on any atom is -0.493 e. The summed E-state index contributed by atoms with van der Waals surface area (Å²) in [6.45, 7) is 0.817. The summed E-state index contributed by atoms with van der Waals surface area (Å²) in [4.78, 5) is 10.4. The molecule has 5 rings (SSSR count). The number of aromatic nitrogens is 3. The van der Waals surface area contributed by atoms with E-state index in [4.69, 9.17) is 9.47 Å². The van der Waals surface area contributed by atoms with Crippen molar-refractivity contribution in [3.05, 3.63) is 59.7 Å². The normalized spacial score (nSPS) is 11.4. The van der Waals surface area contributed by atoms with Gasteiger partial charge in [-0.3, -0.25) is 0 Å². The van der Waals surface area contributed by atoms with Crippen LogP contribution < -0.4 is 14.4 Å². The Kier molecular flexibility index (Phi) is 4.82. The number of benzene rings is 1. The molecule has 7 heteroatoms. The minimum atomic E-state index is 0.718. The number of thiophene rings is 1. The van der Waals surface area contributed by atoms with Crippen LogP contribution in [0.4, 0.5) is 5.00 Å². The van der Waals surface area contributed by atoms with Crippen LogP contribution in [-0.2, 0) is 13.6 Å². The van der Waals surface area contributed by atoms with Crippen molar-refractivity contribution >= 4 is 38.3 Å². The van der Waals surface area contributed by atoms with Crippen molar-refractivity contribution in [1.29, 1.82) is 0 Å². The number of ether oxygens (including phenoxy) is 2. The summed E-state index contributed by atoms with van der Waals surface area (Å²) in [5.41, 5.74) is 5.35. The maximum atomic E-state index is 5.54. The molecule has 0 spiro atoms. The van der Waals surface area contributed by atoms with Crippen LogP contribution in [0.2, 0.25) is 0 Å². The Hall–Kier alpha value is -3.45. The van der Waals surface area contributed by atoms with Gasteiger partial charge >= 0.3 is 0 Å². The van der Waals surface area contributed by atoms with Crippen LogP contribution in [0.3, 0.4) is 0 Å². The van der Waals surface area contributed by atoms with Crippen LogP contribution in [-0.4, -0.2) is 35.8 Å².